The normalized spacial score (nSPS) is 10.7. The zero-order valence-electron chi connectivity index (χ0n) is 15.7. The fourth-order valence-corrected chi connectivity index (χ4v) is 3.01. The highest BCUT2D eigenvalue weighted by Gasteiger charge is 2.15. The van der Waals surface area contributed by atoms with Crippen molar-refractivity contribution in [3.05, 3.63) is 72.0 Å². The number of rotatable bonds is 5. The van der Waals surface area contributed by atoms with Crippen LogP contribution >= 0.6 is 0 Å². The van der Waals surface area contributed by atoms with Gasteiger partial charge in [0.2, 0.25) is 0 Å². The number of aromatic nitrogens is 1. The second-order valence-corrected chi connectivity index (χ2v) is 6.27. The van der Waals surface area contributed by atoms with Gasteiger partial charge in [-0.25, -0.2) is 4.39 Å². The van der Waals surface area contributed by atoms with Crippen LogP contribution in [0.1, 0.15) is 10.4 Å². The van der Waals surface area contributed by atoms with E-state index in [1.54, 1.807) is 55.6 Å². The van der Waals surface area contributed by atoms with Crippen LogP contribution in [0.3, 0.4) is 0 Å². The second kappa shape index (κ2) is 7.63. The van der Waals surface area contributed by atoms with Crippen LogP contribution in [0, 0.1) is 5.82 Å². The van der Waals surface area contributed by atoms with Gasteiger partial charge in [0.1, 0.15) is 11.3 Å². The molecule has 29 heavy (non-hydrogen) atoms. The van der Waals surface area contributed by atoms with E-state index in [9.17, 15) is 9.18 Å². The fraction of sp³-hybridized carbons (Fsp3) is 0.0909. The molecule has 0 fully saturated rings. The molecule has 4 aromatic rings. The van der Waals surface area contributed by atoms with E-state index in [1.807, 2.05) is 0 Å². The summed E-state index contributed by atoms with van der Waals surface area (Å²) in [5, 5.41) is 7.51. The maximum atomic E-state index is 13.2. The molecule has 0 saturated heterocycles. The molecule has 1 amide bonds. The predicted octanol–water partition coefficient (Wildman–Crippen LogP) is 4.90. The van der Waals surface area contributed by atoms with Gasteiger partial charge >= 0.3 is 0 Å². The zero-order valence-corrected chi connectivity index (χ0v) is 15.7. The third kappa shape index (κ3) is 3.62. The van der Waals surface area contributed by atoms with Crippen molar-refractivity contribution in [2.24, 2.45) is 0 Å². The number of carbonyl (C=O) groups excluding carboxylic acids is 1. The molecule has 3 aromatic carbocycles. The van der Waals surface area contributed by atoms with Crippen molar-refractivity contribution in [3.8, 4) is 22.8 Å². The van der Waals surface area contributed by atoms with Crippen LogP contribution in [-0.4, -0.2) is 25.3 Å². The van der Waals surface area contributed by atoms with Crippen molar-refractivity contribution in [1.29, 1.82) is 0 Å². The number of nitrogens with zero attached hydrogens (tertiary/aromatic N) is 1. The summed E-state index contributed by atoms with van der Waals surface area (Å²) >= 11 is 0. The molecule has 0 unspecified atom stereocenters. The number of amides is 1. The number of methoxy groups -OCH3 is 2. The number of fused-ring (bicyclic) bond motifs is 1. The first-order valence-electron chi connectivity index (χ1n) is 8.78. The zero-order chi connectivity index (χ0) is 20.4. The van der Waals surface area contributed by atoms with Gasteiger partial charge in [-0.1, -0.05) is 5.16 Å². The van der Waals surface area contributed by atoms with Gasteiger partial charge in [-0.05, 0) is 54.6 Å². The van der Waals surface area contributed by atoms with Gasteiger partial charge in [0, 0.05) is 22.9 Å². The second-order valence-electron chi connectivity index (χ2n) is 6.27. The van der Waals surface area contributed by atoms with Crippen LogP contribution in [0.15, 0.2) is 65.2 Å². The minimum atomic E-state index is -0.340. The summed E-state index contributed by atoms with van der Waals surface area (Å²) < 4.78 is 29.1. The highest BCUT2D eigenvalue weighted by molar-refractivity contribution is 6.07. The van der Waals surface area contributed by atoms with Crippen LogP contribution in [0.4, 0.5) is 10.1 Å². The van der Waals surface area contributed by atoms with Crippen molar-refractivity contribution < 1.29 is 23.2 Å². The first-order valence-corrected chi connectivity index (χ1v) is 8.78. The lowest BCUT2D eigenvalue weighted by molar-refractivity contribution is 0.102. The molecule has 0 spiro atoms. The van der Waals surface area contributed by atoms with Gasteiger partial charge < -0.3 is 19.3 Å². The Morgan fingerprint density at radius 1 is 0.966 bits per heavy atom. The number of nitrogens with one attached hydrogen (secondary N) is 1. The smallest absolute Gasteiger partial charge is 0.255 e. The summed E-state index contributed by atoms with van der Waals surface area (Å²) in [6.07, 6.45) is 0. The number of hydrogen-bond acceptors (Lipinski definition) is 5. The van der Waals surface area contributed by atoms with Crippen molar-refractivity contribution in [2.75, 3.05) is 19.5 Å². The number of ether oxygens (including phenoxy) is 2. The molecule has 0 aliphatic carbocycles. The average molecular weight is 392 g/mol. The molecule has 0 aliphatic heterocycles. The first kappa shape index (κ1) is 18.5. The summed E-state index contributed by atoms with van der Waals surface area (Å²) in [5.74, 6) is 0.914. The van der Waals surface area contributed by atoms with Gasteiger partial charge in [0.15, 0.2) is 17.3 Å². The topological polar surface area (TPSA) is 73.6 Å². The summed E-state index contributed by atoms with van der Waals surface area (Å²) in [7, 11) is 3.07. The molecule has 1 aromatic heterocycles. The van der Waals surface area contributed by atoms with Gasteiger partial charge in [-0.3, -0.25) is 4.79 Å². The van der Waals surface area contributed by atoms with E-state index in [0.717, 1.165) is 0 Å². The minimum Gasteiger partial charge on any atom is -0.493 e. The SMILES string of the molecule is COc1ccc(NC(=O)c2ccc3noc(-c4ccc(F)cc4)c3c2)cc1OC. The van der Waals surface area contributed by atoms with Crippen molar-refractivity contribution in [2.45, 2.75) is 0 Å². The Labute approximate surface area is 165 Å². The molecule has 146 valence electrons. The van der Waals surface area contributed by atoms with Gasteiger partial charge in [0.25, 0.3) is 5.91 Å². The monoisotopic (exact) mass is 392 g/mol. The van der Waals surface area contributed by atoms with E-state index in [4.69, 9.17) is 14.0 Å². The van der Waals surface area contributed by atoms with Gasteiger partial charge in [0.05, 0.1) is 19.6 Å². The highest BCUT2D eigenvalue weighted by Crippen LogP contribution is 2.31. The van der Waals surface area contributed by atoms with E-state index in [-0.39, 0.29) is 11.7 Å². The molecule has 0 aliphatic rings. The Hall–Kier alpha value is -3.87. The molecule has 0 saturated carbocycles. The maximum absolute atomic E-state index is 13.2. The molecule has 1 heterocycles. The largest absolute Gasteiger partial charge is 0.493 e. The predicted molar refractivity (Wildman–Crippen MR) is 107 cm³/mol. The first-order chi connectivity index (χ1) is 14.1. The lowest BCUT2D eigenvalue weighted by atomic mass is 10.1. The Kier molecular flexibility index (Phi) is 4.87. The summed E-state index contributed by atoms with van der Waals surface area (Å²) in [5.41, 5.74) is 2.27. The molecule has 6 nitrogen and oxygen atoms in total. The molecule has 4 rings (SSSR count). The standard InChI is InChI=1S/C22H17FN2O4/c1-27-19-10-8-16(12-20(19)28-2)24-22(26)14-5-9-18-17(11-14)21(29-25-18)13-3-6-15(23)7-4-13/h3-12H,1-2H3,(H,24,26). The number of benzene rings is 3. The third-order valence-electron chi connectivity index (χ3n) is 4.49. The quantitative estimate of drug-likeness (QED) is 0.523. The number of carbonyl (C=O) groups is 1. The molecule has 0 bridgehead atoms. The third-order valence-corrected chi connectivity index (χ3v) is 4.49. The Morgan fingerprint density at radius 2 is 1.72 bits per heavy atom. The van der Waals surface area contributed by atoms with Crippen LogP contribution < -0.4 is 14.8 Å². The highest BCUT2D eigenvalue weighted by atomic mass is 19.1. The number of halogens is 1. The average Bonchev–Trinajstić information content (AvgIpc) is 3.17. The lowest BCUT2D eigenvalue weighted by Gasteiger charge is -2.10. The Bertz CT molecular complexity index is 1190. The Balaban J connectivity index is 1.64. The molecule has 0 atom stereocenters. The number of hydrogen-bond donors (Lipinski definition) is 1. The maximum Gasteiger partial charge on any atom is 0.255 e. The fourth-order valence-electron chi connectivity index (χ4n) is 3.01. The number of anilines is 1. The summed E-state index contributed by atoms with van der Waals surface area (Å²) in [4.78, 5) is 12.7. The van der Waals surface area contributed by atoms with Crippen LogP contribution in [0.2, 0.25) is 0 Å². The van der Waals surface area contributed by atoms with Gasteiger partial charge in [-0.2, -0.15) is 0 Å². The molecule has 1 N–H and O–H groups in total. The van der Waals surface area contributed by atoms with E-state index in [0.29, 0.717) is 45.0 Å². The minimum absolute atomic E-state index is 0.301. The van der Waals surface area contributed by atoms with E-state index < -0.39 is 0 Å². The summed E-state index contributed by atoms with van der Waals surface area (Å²) in [6.45, 7) is 0. The van der Waals surface area contributed by atoms with Crippen LogP contribution in [0.5, 0.6) is 11.5 Å². The molecule has 0 radical (unpaired) electrons. The molecule has 7 heteroatoms. The molecular weight excluding hydrogens is 375 g/mol. The molecular formula is C22H17FN2O4. The van der Waals surface area contributed by atoms with Crippen LogP contribution in [0.25, 0.3) is 22.2 Å². The van der Waals surface area contributed by atoms with E-state index in [2.05, 4.69) is 10.5 Å². The summed E-state index contributed by atoms with van der Waals surface area (Å²) in [6, 6.07) is 16.1. The van der Waals surface area contributed by atoms with Crippen molar-refractivity contribution >= 4 is 22.5 Å². The lowest BCUT2D eigenvalue weighted by Crippen LogP contribution is -2.11. The van der Waals surface area contributed by atoms with Crippen LogP contribution in [-0.2, 0) is 0 Å². The van der Waals surface area contributed by atoms with E-state index in [1.165, 1.54) is 19.2 Å². The van der Waals surface area contributed by atoms with Crippen molar-refractivity contribution in [3.63, 3.8) is 0 Å². The van der Waals surface area contributed by atoms with E-state index >= 15 is 0 Å². The van der Waals surface area contributed by atoms with Gasteiger partial charge in [-0.15, -0.1) is 0 Å². The Morgan fingerprint density at radius 3 is 2.45 bits per heavy atom. The van der Waals surface area contributed by atoms with Crippen molar-refractivity contribution in [1.82, 2.24) is 5.16 Å².